The first-order chi connectivity index (χ1) is 20.9. The number of hydrogen-bond acceptors (Lipinski definition) is 15. The van der Waals surface area contributed by atoms with Crippen LogP contribution in [-0.2, 0) is 23.9 Å². The minimum absolute atomic E-state index is 0.0296. The number of rotatable bonds is 15. The molecule has 0 aliphatic carbocycles. The van der Waals surface area contributed by atoms with Gasteiger partial charge in [-0.1, -0.05) is 0 Å². The molecular formula is C25H46N10O9. The van der Waals surface area contributed by atoms with Crippen LogP contribution in [0, 0.1) is 0 Å². The molecule has 3 rings (SSSR count). The number of guanidine groups is 1. The number of aliphatic imine (C=N–C) groups is 1. The summed E-state index contributed by atoms with van der Waals surface area (Å²) in [5.41, 5.74) is 22.6. The van der Waals surface area contributed by atoms with Crippen LogP contribution in [0.15, 0.2) is 4.99 Å². The van der Waals surface area contributed by atoms with Crippen LogP contribution in [0.1, 0.15) is 38.5 Å². The van der Waals surface area contributed by atoms with Crippen molar-refractivity contribution in [3.05, 3.63) is 0 Å². The predicted molar refractivity (Wildman–Crippen MR) is 154 cm³/mol. The Hall–Kier alpha value is -3.33. The first-order valence-electron chi connectivity index (χ1n) is 14.7. The fourth-order valence-electron chi connectivity index (χ4n) is 5.31. The molecule has 0 bridgehead atoms. The number of hydrogen-bond donors (Lipinski definition) is 12. The van der Waals surface area contributed by atoms with E-state index >= 15 is 0 Å². The first-order valence-corrected chi connectivity index (χ1v) is 14.7. The highest BCUT2D eigenvalue weighted by Gasteiger charge is 2.49. The summed E-state index contributed by atoms with van der Waals surface area (Å²) in [4.78, 5) is 52.9. The maximum atomic E-state index is 13.0. The number of carbonyl (C=O) groups excluding carboxylic acids is 4. The summed E-state index contributed by atoms with van der Waals surface area (Å²) in [5.74, 6) is -1.12. The summed E-state index contributed by atoms with van der Waals surface area (Å²) in [7, 11) is 0. The average Bonchev–Trinajstić information content (AvgIpc) is 3.40. The van der Waals surface area contributed by atoms with Gasteiger partial charge in [-0.3, -0.25) is 14.4 Å². The van der Waals surface area contributed by atoms with Gasteiger partial charge in [-0.2, -0.15) is 0 Å². The van der Waals surface area contributed by atoms with E-state index in [-0.39, 0.29) is 37.3 Å². The number of primary amides is 1. The summed E-state index contributed by atoms with van der Waals surface area (Å²) in [6, 6.07) is -3.79. The quantitative estimate of drug-likeness (QED) is 0.0749. The van der Waals surface area contributed by atoms with Crippen molar-refractivity contribution in [1.29, 1.82) is 0 Å². The highest BCUT2D eigenvalue weighted by Crippen LogP contribution is 2.24. The van der Waals surface area contributed by atoms with Crippen molar-refractivity contribution in [1.82, 2.24) is 26.6 Å². The largest absolute Gasteiger partial charge is 0.441 e. The molecule has 250 valence electrons. The number of aliphatic hydroxyl groups is 3. The van der Waals surface area contributed by atoms with Crippen molar-refractivity contribution >= 4 is 29.8 Å². The third-order valence-corrected chi connectivity index (χ3v) is 7.59. The van der Waals surface area contributed by atoms with E-state index in [4.69, 9.17) is 32.4 Å². The first kappa shape index (κ1) is 35.2. The highest BCUT2D eigenvalue weighted by molar-refractivity contribution is 5.92. The maximum Gasteiger partial charge on any atom is 0.404 e. The molecule has 3 heterocycles. The van der Waals surface area contributed by atoms with Gasteiger partial charge in [0.2, 0.25) is 17.7 Å². The number of carbonyl (C=O) groups is 4. The number of nitrogens with two attached hydrogens (primary N) is 4. The number of aliphatic hydroxyl groups excluding tert-OH is 3. The smallest absolute Gasteiger partial charge is 0.404 e. The molecule has 0 spiro atoms. The lowest BCUT2D eigenvalue weighted by molar-refractivity contribution is -0.198. The number of amides is 4. The molecule has 3 aliphatic heterocycles. The minimum atomic E-state index is -1.60. The normalized spacial score (nSPS) is 31.0. The third-order valence-electron chi connectivity index (χ3n) is 7.59. The van der Waals surface area contributed by atoms with Crippen molar-refractivity contribution in [2.24, 2.45) is 27.9 Å². The minimum Gasteiger partial charge on any atom is -0.441 e. The Morgan fingerprint density at radius 3 is 2.43 bits per heavy atom. The van der Waals surface area contributed by atoms with E-state index in [1.807, 2.05) is 0 Å². The molecule has 44 heavy (non-hydrogen) atoms. The lowest BCUT2D eigenvalue weighted by Gasteiger charge is -2.44. The number of ether oxygens (including phenoxy) is 2. The third kappa shape index (κ3) is 9.84. The SMILES string of the molecule is NCCCC(N)CC(=O)NCCCC(N)CC(=O)NC1C(NC2=NC3C(=O)NCC(O)C3N2)OC(CO)C(OC(N)=O)C1O. The van der Waals surface area contributed by atoms with Gasteiger partial charge in [0.05, 0.1) is 18.8 Å². The predicted octanol–water partition coefficient (Wildman–Crippen LogP) is -6.14. The van der Waals surface area contributed by atoms with Crippen LogP contribution in [0.4, 0.5) is 4.79 Å². The fourth-order valence-corrected chi connectivity index (χ4v) is 5.31. The monoisotopic (exact) mass is 630 g/mol. The van der Waals surface area contributed by atoms with Crippen LogP contribution >= 0.6 is 0 Å². The van der Waals surface area contributed by atoms with Crippen molar-refractivity contribution in [2.45, 2.75) is 99.4 Å². The molecule has 19 nitrogen and oxygen atoms in total. The molecule has 19 heteroatoms. The van der Waals surface area contributed by atoms with Crippen LogP contribution in [0.25, 0.3) is 0 Å². The number of piperidine rings is 1. The number of nitrogens with one attached hydrogen (secondary N) is 5. The molecule has 2 fully saturated rings. The molecule has 0 aromatic carbocycles. The molecule has 10 unspecified atom stereocenters. The lowest BCUT2D eigenvalue weighted by Crippen LogP contribution is -2.70. The molecule has 4 amide bonds. The van der Waals surface area contributed by atoms with Gasteiger partial charge in [0, 0.05) is 38.0 Å². The van der Waals surface area contributed by atoms with Crippen LogP contribution in [0.3, 0.4) is 0 Å². The molecule has 0 aromatic heterocycles. The van der Waals surface area contributed by atoms with Crippen molar-refractivity contribution in [2.75, 3.05) is 26.2 Å². The van der Waals surface area contributed by atoms with E-state index in [1.54, 1.807) is 0 Å². The van der Waals surface area contributed by atoms with Crippen LogP contribution in [0.2, 0.25) is 0 Å². The van der Waals surface area contributed by atoms with Crippen molar-refractivity contribution in [3.8, 4) is 0 Å². The second-order valence-electron chi connectivity index (χ2n) is 11.2. The van der Waals surface area contributed by atoms with E-state index in [9.17, 15) is 34.5 Å². The Morgan fingerprint density at radius 1 is 1.11 bits per heavy atom. The van der Waals surface area contributed by atoms with Crippen LogP contribution < -0.4 is 49.5 Å². The molecule has 3 aliphatic rings. The number of fused-ring (bicyclic) bond motifs is 1. The summed E-state index contributed by atoms with van der Waals surface area (Å²) >= 11 is 0. The zero-order chi connectivity index (χ0) is 32.4. The Bertz CT molecular complexity index is 1040. The van der Waals surface area contributed by atoms with Gasteiger partial charge in [-0.05, 0) is 32.2 Å². The summed E-state index contributed by atoms with van der Waals surface area (Å²) < 4.78 is 10.8. The maximum absolute atomic E-state index is 13.0. The van der Waals surface area contributed by atoms with E-state index in [2.05, 4.69) is 31.6 Å². The van der Waals surface area contributed by atoms with Gasteiger partial charge in [0.1, 0.15) is 18.2 Å². The summed E-state index contributed by atoms with van der Waals surface area (Å²) in [6.07, 6.45) is -5.37. The van der Waals surface area contributed by atoms with Crippen LogP contribution in [-0.4, -0.2) is 132 Å². The zero-order valence-electron chi connectivity index (χ0n) is 24.4. The molecule has 2 saturated heterocycles. The highest BCUT2D eigenvalue weighted by atomic mass is 16.6. The van der Waals surface area contributed by atoms with Gasteiger partial charge in [-0.15, -0.1) is 0 Å². The molecule has 10 atom stereocenters. The molecular weight excluding hydrogens is 584 g/mol. The fraction of sp³-hybridized carbons (Fsp3) is 0.800. The van der Waals surface area contributed by atoms with E-state index in [0.29, 0.717) is 32.4 Å². The Labute approximate surface area is 254 Å². The van der Waals surface area contributed by atoms with Crippen molar-refractivity contribution in [3.63, 3.8) is 0 Å². The number of β-amino-alcohol motifs (C(OH)–C–C–N with tert-alkyl or cyclic N) is 1. The average molecular weight is 631 g/mol. The van der Waals surface area contributed by atoms with Gasteiger partial charge in [0.25, 0.3) is 0 Å². The van der Waals surface area contributed by atoms with Gasteiger partial charge in [-0.25, -0.2) is 9.79 Å². The summed E-state index contributed by atoms with van der Waals surface area (Å²) in [5, 5.41) is 44.9. The second kappa shape index (κ2) is 16.7. The Morgan fingerprint density at radius 2 is 1.80 bits per heavy atom. The van der Waals surface area contributed by atoms with E-state index in [0.717, 1.165) is 6.42 Å². The Kier molecular flexibility index (Phi) is 13.3. The molecule has 0 saturated carbocycles. The van der Waals surface area contributed by atoms with Crippen LogP contribution in [0.5, 0.6) is 0 Å². The van der Waals surface area contributed by atoms with E-state index in [1.165, 1.54) is 0 Å². The topological polar surface area (TPSA) is 324 Å². The van der Waals surface area contributed by atoms with E-state index < -0.39 is 79.3 Å². The van der Waals surface area contributed by atoms with Crippen molar-refractivity contribution < 1.29 is 44.0 Å². The van der Waals surface area contributed by atoms with Gasteiger partial charge < -0.3 is 74.3 Å². The van der Waals surface area contributed by atoms with Gasteiger partial charge >= 0.3 is 6.09 Å². The summed E-state index contributed by atoms with van der Waals surface area (Å²) in [6.45, 7) is 0.203. The van der Waals surface area contributed by atoms with Gasteiger partial charge in [0.15, 0.2) is 24.3 Å². The molecule has 16 N–H and O–H groups in total. The zero-order valence-corrected chi connectivity index (χ0v) is 24.4. The molecule has 0 aromatic rings. The standard InChI is InChI=1S/C25H46N10O9/c26-5-1-3-11(27)7-15(38)30-6-2-4-12(28)8-16(39)32-19-20(40)21(44-24(29)42)14(10-36)43-23(19)35-25-33-17-13(37)9-31-22(41)18(17)34-25/h11-14,17-21,23,36-37,40H,1-10,26-28H2,(H2,29,42)(H,30,38)(H,31,41)(H,32,39)(H2,33,34,35). The lowest BCUT2D eigenvalue weighted by atomic mass is 9.95. The number of nitrogens with zero attached hydrogens (tertiary/aromatic N) is 1. The second-order valence-corrected chi connectivity index (χ2v) is 11.2. The molecule has 0 radical (unpaired) electrons. The Balaban J connectivity index is 1.57.